The molecule has 0 bridgehead atoms. The van der Waals surface area contributed by atoms with Gasteiger partial charge in [0.25, 0.3) is 5.56 Å². The van der Waals surface area contributed by atoms with Crippen molar-refractivity contribution >= 4 is 11.3 Å². The van der Waals surface area contributed by atoms with Gasteiger partial charge in [-0.2, -0.15) is 0 Å². The summed E-state index contributed by atoms with van der Waals surface area (Å²) in [4.78, 5) is 20.2. The van der Waals surface area contributed by atoms with Gasteiger partial charge in [0.1, 0.15) is 5.65 Å². The second-order valence-corrected chi connectivity index (χ2v) is 8.21. The molecular weight excluding hydrogens is 380 g/mol. The number of benzene rings is 1. The van der Waals surface area contributed by atoms with Crippen molar-refractivity contribution in [3.8, 4) is 22.8 Å². The average molecular weight is 406 g/mol. The van der Waals surface area contributed by atoms with Gasteiger partial charge in [0.15, 0.2) is 11.5 Å². The van der Waals surface area contributed by atoms with Crippen LogP contribution in [0.3, 0.4) is 0 Å². The summed E-state index contributed by atoms with van der Waals surface area (Å²) in [5.74, 6) is 2.65. The lowest BCUT2D eigenvalue weighted by Crippen LogP contribution is -2.26. The third kappa shape index (κ3) is 3.10. The predicted octanol–water partition coefficient (Wildman–Crippen LogP) is 2.34. The fourth-order valence-electron chi connectivity index (χ4n) is 4.73. The highest BCUT2D eigenvalue weighted by molar-refractivity contribution is 5.67. The minimum absolute atomic E-state index is 0.0872. The molecule has 0 radical (unpaired) electrons. The Morgan fingerprint density at radius 1 is 1.03 bits per heavy atom. The Balaban J connectivity index is 1.55. The van der Waals surface area contributed by atoms with Gasteiger partial charge in [-0.15, -0.1) is 0 Å². The minimum atomic E-state index is -0.0872. The van der Waals surface area contributed by atoms with Crippen molar-refractivity contribution in [1.29, 1.82) is 0 Å². The van der Waals surface area contributed by atoms with Crippen molar-refractivity contribution < 1.29 is 9.47 Å². The molecule has 0 amide bonds. The van der Waals surface area contributed by atoms with Gasteiger partial charge in [-0.1, -0.05) is 0 Å². The van der Waals surface area contributed by atoms with Crippen LogP contribution < -0.4 is 25.2 Å². The number of anilines is 1. The van der Waals surface area contributed by atoms with Crippen molar-refractivity contribution in [3.05, 3.63) is 52.4 Å². The van der Waals surface area contributed by atoms with E-state index in [0.717, 1.165) is 43.0 Å². The maximum atomic E-state index is 13.0. The lowest BCUT2D eigenvalue weighted by atomic mass is 10.0. The maximum Gasteiger partial charge on any atom is 0.258 e. The molecule has 5 rings (SSSR count). The molecule has 1 aromatic carbocycles. The van der Waals surface area contributed by atoms with E-state index >= 15 is 0 Å². The van der Waals surface area contributed by atoms with E-state index in [1.807, 2.05) is 31.3 Å². The van der Waals surface area contributed by atoms with E-state index in [2.05, 4.69) is 16.3 Å². The van der Waals surface area contributed by atoms with Crippen LogP contribution in [0.4, 0.5) is 5.69 Å². The average Bonchev–Trinajstić information content (AvgIpc) is 3.36. The molecule has 1 N–H and O–H groups in total. The molecule has 0 spiro atoms. The first-order valence-electron chi connectivity index (χ1n) is 10.3. The van der Waals surface area contributed by atoms with Crippen LogP contribution in [-0.4, -0.2) is 49.8 Å². The first kappa shape index (κ1) is 18.9. The Bertz CT molecular complexity index is 1160. The molecule has 4 heterocycles. The van der Waals surface area contributed by atoms with Crippen LogP contribution in [0.2, 0.25) is 0 Å². The lowest BCUT2D eigenvalue weighted by Gasteiger charge is -2.21. The molecule has 30 heavy (non-hydrogen) atoms. The first-order chi connectivity index (χ1) is 14.6. The van der Waals surface area contributed by atoms with Crippen molar-refractivity contribution in [2.24, 2.45) is 11.8 Å². The number of hydrogen-bond acceptors (Lipinski definition) is 6. The normalized spacial score (nSPS) is 20.6. The molecule has 7 nitrogen and oxygen atoms in total. The van der Waals surface area contributed by atoms with Crippen LogP contribution in [-0.2, 0) is 0 Å². The number of nitrogens with one attached hydrogen (secondary N) is 1. The number of rotatable bonds is 4. The number of hydrogen-bond donors (Lipinski definition) is 1. The summed E-state index contributed by atoms with van der Waals surface area (Å²) in [7, 11) is 3.20. The number of aryl methyl sites for hydroxylation is 1. The van der Waals surface area contributed by atoms with Gasteiger partial charge in [0.2, 0.25) is 0 Å². The zero-order valence-corrected chi connectivity index (χ0v) is 17.5. The summed E-state index contributed by atoms with van der Waals surface area (Å²) in [5, 5.41) is 3.47. The number of ether oxygens (including phenoxy) is 2. The van der Waals surface area contributed by atoms with Gasteiger partial charge in [0.05, 0.1) is 25.6 Å². The van der Waals surface area contributed by atoms with Gasteiger partial charge >= 0.3 is 0 Å². The molecule has 156 valence electrons. The summed E-state index contributed by atoms with van der Waals surface area (Å²) in [6, 6.07) is 9.29. The number of methoxy groups -OCH3 is 2. The van der Waals surface area contributed by atoms with Crippen LogP contribution in [0, 0.1) is 18.8 Å². The summed E-state index contributed by atoms with van der Waals surface area (Å²) >= 11 is 0. The zero-order valence-electron chi connectivity index (χ0n) is 17.5. The fourth-order valence-corrected chi connectivity index (χ4v) is 4.73. The molecule has 2 aromatic heterocycles. The van der Waals surface area contributed by atoms with E-state index in [1.165, 1.54) is 0 Å². The number of pyridine rings is 1. The Morgan fingerprint density at radius 3 is 2.47 bits per heavy atom. The zero-order chi connectivity index (χ0) is 20.8. The van der Waals surface area contributed by atoms with E-state index in [4.69, 9.17) is 14.5 Å². The molecule has 7 heteroatoms. The Labute approximate surface area is 175 Å². The van der Waals surface area contributed by atoms with Gasteiger partial charge in [-0.25, -0.2) is 4.98 Å². The molecule has 3 aromatic rings. The third-order valence-electron chi connectivity index (χ3n) is 6.36. The summed E-state index contributed by atoms with van der Waals surface area (Å²) in [5.41, 5.74) is 4.11. The van der Waals surface area contributed by atoms with Crippen LogP contribution in [0.1, 0.15) is 5.56 Å². The number of fused-ring (bicyclic) bond motifs is 2. The summed E-state index contributed by atoms with van der Waals surface area (Å²) in [6.45, 7) is 6.26. The topological polar surface area (TPSA) is 68.1 Å². The van der Waals surface area contributed by atoms with Crippen LogP contribution >= 0.6 is 0 Å². The van der Waals surface area contributed by atoms with Crippen molar-refractivity contribution in [2.75, 3.05) is 45.3 Å². The second kappa shape index (κ2) is 7.32. The highest BCUT2D eigenvalue weighted by Gasteiger charge is 2.36. The molecule has 0 aliphatic carbocycles. The minimum Gasteiger partial charge on any atom is -0.493 e. The second-order valence-electron chi connectivity index (χ2n) is 8.21. The Morgan fingerprint density at radius 2 is 1.77 bits per heavy atom. The van der Waals surface area contributed by atoms with E-state index < -0.39 is 0 Å². The van der Waals surface area contributed by atoms with Crippen molar-refractivity contribution in [3.63, 3.8) is 0 Å². The van der Waals surface area contributed by atoms with Gasteiger partial charge in [-0.05, 0) is 48.6 Å². The summed E-state index contributed by atoms with van der Waals surface area (Å²) < 4.78 is 12.4. The van der Waals surface area contributed by atoms with Gasteiger partial charge in [-0.3, -0.25) is 9.20 Å². The van der Waals surface area contributed by atoms with Crippen molar-refractivity contribution in [2.45, 2.75) is 6.92 Å². The highest BCUT2D eigenvalue weighted by atomic mass is 16.5. The van der Waals surface area contributed by atoms with Gasteiger partial charge in [0, 0.05) is 44.0 Å². The third-order valence-corrected chi connectivity index (χ3v) is 6.36. The molecule has 2 atom stereocenters. The van der Waals surface area contributed by atoms with Gasteiger partial charge < -0.3 is 19.7 Å². The monoisotopic (exact) mass is 406 g/mol. The molecular formula is C23H26N4O3. The Hall–Kier alpha value is -3.06. The van der Waals surface area contributed by atoms with Crippen LogP contribution in [0.15, 0.2) is 41.3 Å². The van der Waals surface area contributed by atoms with E-state index in [1.54, 1.807) is 24.7 Å². The fraction of sp³-hybridized carbons (Fsp3) is 0.391. The Kier molecular flexibility index (Phi) is 4.62. The number of nitrogens with zero attached hydrogens (tertiary/aromatic N) is 3. The molecule has 2 aliphatic rings. The molecule has 0 saturated carbocycles. The first-order valence-corrected chi connectivity index (χ1v) is 10.3. The SMILES string of the molecule is COc1ccc(-c2cc(=O)n3cc(N4C[C@H]5CNC[C@H]5C4)cc(C)c3n2)cc1OC. The largest absolute Gasteiger partial charge is 0.493 e. The van der Waals surface area contributed by atoms with Crippen LogP contribution in [0.25, 0.3) is 16.9 Å². The van der Waals surface area contributed by atoms with E-state index in [0.29, 0.717) is 34.7 Å². The quantitative estimate of drug-likeness (QED) is 0.717. The van der Waals surface area contributed by atoms with Crippen LogP contribution in [0.5, 0.6) is 11.5 Å². The number of aromatic nitrogens is 2. The van der Waals surface area contributed by atoms with E-state index in [9.17, 15) is 4.79 Å². The highest BCUT2D eigenvalue weighted by Crippen LogP contribution is 2.33. The smallest absolute Gasteiger partial charge is 0.258 e. The maximum absolute atomic E-state index is 13.0. The molecule has 2 fully saturated rings. The molecule has 2 aliphatic heterocycles. The predicted molar refractivity (Wildman–Crippen MR) is 117 cm³/mol. The summed E-state index contributed by atoms with van der Waals surface area (Å²) in [6.07, 6.45) is 1.94. The lowest BCUT2D eigenvalue weighted by molar-refractivity contribution is 0.355. The molecule has 2 saturated heterocycles. The molecule has 0 unspecified atom stereocenters. The standard InChI is InChI=1S/C23H26N4O3/c1-14-6-18(26-11-16-9-24-10-17(16)12-26)13-27-22(28)8-19(25-23(14)27)15-4-5-20(29-2)21(7-15)30-3/h4-8,13,16-17,24H,9-12H2,1-3H3/t16-,17+. The van der Waals surface area contributed by atoms with E-state index in [-0.39, 0.29) is 5.56 Å². The van der Waals surface area contributed by atoms with Crippen molar-refractivity contribution in [1.82, 2.24) is 14.7 Å².